The number of nitrogens with zero attached hydrogens (tertiary/aromatic N) is 2. The number of aryl methyl sites for hydroxylation is 1. The summed E-state index contributed by atoms with van der Waals surface area (Å²) in [5, 5.41) is 8.65. The normalized spacial score (nSPS) is 17.1. The Labute approximate surface area is 358 Å². The van der Waals surface area contributed by atoms with Gasteiger partial charge in [0.15, 0.2) is 0 Å². The molecule has 1 aliphatic rings. The molecular formula is C47H60N8O6. The van der Waals surface area contributed by atoms with E-state index >= 15 is 0 Å². The first-order valence-corrected chi connectivity index (χ1v) is 20.9. The van der Waals surface area contributed by atoms with Gasteiger partial charge < -0.3 is 52.5 Å². The molecule has 324 valence electrons. The summed E-state index contributed by atoms with van der Waals surface area (Å²) in [6.07, 6.45) is 5.91. The third-order valence-corrected chi connectivity index (χ3v) is 10.6. The zero-order valence-electron chi connectivity index (χ0n) is 35.6. The number of fused-ring (bicyclic) bond motifs is 5. The van der Waals surface area contributed by atoms with Crippen molar-refractivity contribution in [1.82, 2.24) is 20.9 Å². The molecule has 61 heavy (non-hydrogen) atoms. The first kappa shape index (κ1) is 46.0. The van der Waals surface area contributed by atoms with Crippen molar-refractivity contribution in [3.63, 3.8) is 0 Å². The van der Waals surface area contributed by atoms with Gasteiger partial charge in [0.1, 0.15) is 42.8 Å². The van der Waals surface area contributed by atoms with E-state index in [0.717, 1.165) is 36.0 Å². The molecule has 0 aliphatic carbocycles. The minimum Gasteiger partial charge on any atom is -0.492 e. The van der Waals surface area contributed by atoms with Gasteiger partial charge in [-0.3, -0.25) is 19.2 Å². The number of carbonyl (C=O) groups excluding carboxylic acids is 4. The maximum absolute atomic E-state index is 14.4. The Kier molecular flexibility index (Phi) is 17.0. The standard InChI is InChI=1S/C47H60N8O6/c1-5-6-7-31-8-11-33(12-9-31)34-13-15-35(16-14-34)45(57)54-40(29-50)47(59)55(4)43-36-17-19-42(61-25-22-49)39(28-36)38-27-32(10-18-41(38)60-24-21-48)26-37(20-23-51-3)53-44(56)30(2)52-46(43)58/h8-19,23,27-28,30,37,40,43H,5-7,20-22,24-26,29,48-50H2,1-4H3,(H,52,58)(H,53,56)(H,54,57)/b51-23+/t30-,37+,40-,43-/m0/s1. The van der Waals surface area contributed by atoms with Crippen LogP contribution < -0.4 is 42.6 Å². The van der Waals surface area contributed by atoms with Crippen molar-refractivity contribution in [3.05, 3.63) is 107 Å². The van der Waals surface area contributed by atoms with Crippen LogP contribution in [0.4, 0.5) is 0 Å². The molecule has 1 heterocycles. The van der Waals surface area contributed by atoms with E-state index in [1.54, 1.807) is 50.5 Å². The quantitative estimate of drug-likeness (QED) is 0.0849. The number of unbranched alkanes of at least 4 members (excludes halogenated alkanes) is 1. The SMILES string of the molecule is CCCCc1ccc(-c2ccc(C(=O)N[C@@H](CN)C(=O)N(C)[C@@H]3C(=O)N[C@@H](C)C(=O)N[C@H](C/C=N/C)Cc4ccc(OCCN)c(c4)-c4cc3ccc4OCCN)cc2)cc1. The number of rotatable bonds is 17. The number of aliphatic imine (C=N–C) groups is 1. The molecule has 5 rings (SSSR count). The molecule has 0 fully saturated rings. The molecule has 14 nitrogen and oxygen atoms in total. The lowest BCUT2D eigenvalue weighted by molar-refractivity contribution is -0.141. The van der Waals surface area contributed by atoms with E-state index in [1.165, 1.54) is 17.5 Å². The molecule has 4 aromatic rings. The van der Waals surface area contributed by atoms with Crippen LogP contribution in [0.3, 0.4) is 0 Å². The second-order valence-corrected chi connectivity index (χ2v) is 15.2. The fourth-order valence-electron chi connectivity index (χ4n) is 7.27. The van der Waals surface area contributed by atoms with E-state index < -0.39 is 41.8 Å². The molecule has 9 N–H and O–H groups in total. The number of amides is 4. The highest BCUT2D eigenvalue weighted by molar-refractivity contribution is 5.99. The van der Waals surface area contributed by atoms with E-state index in [-0.39, 0.29) is 38.9 Å². The highest BCUT2D eigenvalue weighted by Gasteiger charge is 2.35. The van der Waals surface area contributed by atoms with Gasteiger partial charge >= 0.3 is 0 Å². The predicted molar refractivity (Wildman–Crippen MR) is 240 cm³/mol. The fraction of sp³-hybridized carbons (Fsp3) is 0.383. The van der Waals surface area contributed by atoms with Gasteiger partial charge in [0.25, 0.3) is 5.91 Å². The maximum Gasteiger partial charge on any atom is 0.251 e. The summed E-state index contributed by atoms with van der Waals surface area (Å²) in [4.78, 5) is 61.4. The fourth-order valence-corrected chi connectivity index (χ4v) is 7.27. The lowest BCUT2D eigenvalue weighted by atomic mass is 9.93. The summed E-state index contributed by atoms with van der Waals surface area (Å²) in [5.41, 5.74) is 23.9. The molecule has 4 atom stereocenters. The van der Waals surface area contributed by atoms with Crippen molar-refractivity contribution in [2.24, 2.45) is 22.2 Å². The lowest BCUT2D eigenvalue weighted by Crippen LogP contribution is -2.55. The van der Waals surface area contributed by atoms with Gasteiger partial charge in [0.05, 0.1) is 0 Å². The molecule has 4 amide bonds. The van der Waals surface area contributed by atoms with Crippen LogP contribution in [0, 0.1) is 0 Å². The van der Waals surface area contributed by atoms with Crippen LogP contribution in [0.5, 0.6) is 11.5 Å². The van der Waals surface area contributed by atoms with Crippen molar-refractivity contribution in [3.8, 4) is 33.8 Å². The summed E-state index contributed by atoms with van der Waals surface area (Å²) < 4.78 is 12.3. The largest absolute Gasteiger partial charge is 0.492 e. The van der Waals surface area contributed by atoms with Crippen LogP contribution in [-0.4, -0.2) is 99.8 Å². The van der Waals surface area contributed by atoms with Crippen molar-refractivity contribution >= 4 is 29.8 Å². The number of hydrogen-bond donors (Lipinski definition) is 6. The average molecular weight is 833 g/mol. The van der Waals surface area contributed by atoms with E-state index in [9.17, 15) is 19.2 Å². The first-order valence-electron chi connectivity index (χ1n) is 20.9. The van der Waals surface area contributed by atoms with Crippen LogP contribution >= 0.6 is 0 Å². The second kappa shape index (κ2) is 22.5. The summed E-state index contributed by atoms with van der Waals surface area (Å²) in [5.74, 6) is -1.17. The van der Waals surface area contributed by atoms with Gasteiger partial charge in [-0.05, 0) is 90.4 Å². The number of likely N-dealkylation sites (N-methyl/N-ethyl adjacent to an activating group) is 1. The second-order valence-electron chi connectivity index (χ2n) is 15.2. The first-order chi connectivity index (χ1) is 29.5. The molecule has 0 radical (unpaired) electrons. The summed E-state index contributed by atoms with van der Waals surface area (Å²) in [6, 6.07) is 22.6. The van der Waals surface area contributed by atoms with Gasteiger partial charge in [0, 0.05) is 69.1 Å². The van der Waals surface area contributed by atoms with Crippen molar-refractivity contribution in [2.75, 3.05) is 46.9 Å². The molecule has 0 spiro atoms. The summed E-state index contributed by atoms with van der Waals surface area (Å²) in [6.45, 7) is 4.47. The molecule has 0 aromatic heterocycles. The zero-order valence-corrected chi connectivity index (χ0v) is 35.6. The van der Waals surface area contributed by atoms with Crippen LogP contribution in [0.15, 0.2) is 89.9 Å². The monoisotopic (exact) mass is 832 g/mol. The number of hydrogen-bond acceptors (Lipinski definition) is 10. The average Bonchev–Trinajstić information content (AvgIpc) is 3.27. The van der Waals surface area contributed by atoms with Crippen molar-refractivity contribution < 1.29 is 28.7 Å². The van der Waals surface area contributed by atoms with Crippen LogP contribution in [-0.2, 0) is 27.2 Å². The Morgan fingerprint density at radius 3 is 2.10 bits per heavy atom. The van der Waals surface area contributed by atoms with Gasteiger partial charge in [-0.15, -0.1) is 0 Å². The van der Waals surface area contributed by atoms with Gasteiger partial charge in [-0.2, -0.15) is 0 Å². The Balaban J connectivity index is 1.50. The number of benzene rings is 4. The van der Waals surface area contributed by atoms with Gasteiger partial charge in [-0.1, -0.05) is 61.9 Å². The number of nitrogens with one attached hydrogen (secondary N) is 3. The van der Waals surface area contributed by atoms with E-state index in [4.69, 9.17) is 26.7 Å². The zero-order chi connectivity index (χ0) is 43.9. The van der Waals surface area contributed by atoms with Gasteiger partial charge in [0.2, 0.25) is 17.7 Å². The molecule has 1 aliphatic heterocycles. The summed E-state index contributed by atoms with van der Waals surface area (Å²) >= 11 is 0. The molecule has 0 unspecified atom stereocenters. The summed E-state index contributed by atoms with van der Waals surface area (Å²) in [7, 11) is 3.13. The molecular weight excluding hydrogens is 773 g/mol. The Bertz CT molecular complexity index is 2140. The third kappa shape index (κ3) is 12.0. The molecule has 4 bridgehead atoms. The van der Waals surface area contributed by atoms with Crippen LogP contribution in [0.2, 0.25) is 0 Å². The molecule has 0 saturated carbocycles. The Hall–Kier alpha value is -6.09. The van der Waals surface area contributed by atoms with E-state index in [0.29, 0.717) is 46.6 Å². The van der Waals surface area contributed by atoms with Crippen molar-refractivity contribution in [2.45, 2.75) is 70.1 Å². The van der Waals surface area contributed by atoms with Gasteiger partial charge in [-0.25, -0.2) is 0 Å². The highest BCUT2D eigenvalue weighted by atomic mass is 16.5. The van der Waals surface area contributed by atoms with Crippen LogP contribution in [0.1, 0.15) is 66.2 Å². The number of carbonyl (C=O) groups is 4. The van der Waals surface area contributed by atoms with E-state index in [1.807, 2.05) is 30.3 Å². The predicted octanol–water partition coefficient (Wildman–Crippen LogP) is 3.93. The molecule has 4 aromatic carbocycles. The van der Waals surface area contributed by atoms with E-state index in [2.05, 4.69) is 52.1 Å². The highest BCUT2D eigenvalue weighted by Crippen LogP contribution is 2.40. The lowest BCUT2D eigenvalue weighted by Gasteiger charge is -2.32. The molecule has 14 heteroatoms. The Morgan fingerprint density at radius 1 is 0.869 bits per heavy atom. The number of ether oxygens (including phenoxy) is 2. The van der Waals surface area contributed by atoms with Crippen molar-refractivity contribution in [1.29, 1.82) is 0 Å². The smallest absolute Gasteiger partial charge is 0.251 e. The topological polar surface area (TPSA) is 216 Å². The Morgan fingerprint density at radius 2 is 1.49 bits per heavy atom. The maximum atomic E-state index is 14.4. The minimum atomic E-state index is -1.29. The number of nitrogens with two attached hydrogens (primary N) is 3. The third-order valence-electron chi connectivity index (χ3n) is 10.6. The minimum absolute atomic E-state index is 0.210. The molecule has 0 saturated heterocycles. The van der Waals surface area contributed by atoms with Crippen LogP contribution in [0.25, 0.3) is 22.3 Å².